The summed E-state index contributed by atoms with van der Waals surface area (Å²) in [6.07, 6.45) is 1.93. The van der Waals surface area contributed by atoms with E-state index in [0.29, 0.717) is 11.3 Å². The van der Waals surface area contributed by atoms with Crippen LogP contribution in [0.5, 0.6) is 0 Å². The quantitative estimate of drug-likeness (QED) is 0.580. The van der Waals surface area contributed by atoms with E-state index in [1.165, 1.54) is 17.5 Å². The molecule has 5 nitrogen and oxygen atoms in total. The average molecular weight is 365 g/mol. The molecule has 0 aliphatic carbocycles. The lowest BCUT2D eigenvalue weighted by molar-refractivity contribution is 0.0600. The molecule has 0 spiro atoms. The fourth-order valence-corrected chi connectivity index (χ4v) is 4.15. The highest BCUT2D eigenvalue weighted by Gasteiger charge is 2.24. The van der Waals surface area contributed by atoms with Gasteiger partial charge in [0.1, 0.15) is 0 Å². The summed E-state index contributed by atoms with van der Waals surface area (Å²) >= 11 is 1.55. The highest BCUT2D eigenvalue weighted by Crippen LogP contribution is 2.26. The molecule has 7 heteroatoms. The molecule has 0 saturated carbocycles. The Kier molecular flexibility index (Phi) is 5.90. The molecule has 0 aromatic heterocycles. The zero-order valence-electron chi connectivity index (χ0n) is 13.7. The monoisotopic (exact) mass is 365 g/mol. The average Bonchev–Trinajstić information content (AvgIpc) is 2.61. The van der Waals surface area contributed by atoms with Crippen molar-refractivity contribution in [1.29, 1.82) is 0 Å². The number of hydrogen-bond donors (Lipinski definition) is 0. The van der Waals surface area contributed by atoms with E-state index in [1.807, 2.05) is 6.26 Å². The molecule has 0 unspecified atom stereocenters. The van der Waals surface area contributed by atoms with Crippen LogP contribution in [-0.4, -0.2) is 34.3 Å². The largest absolute Gasteiger partial charge is 0.465 e. The third kappa shape index (κ3) is 3.73. The Morgan fingerprint density at radius 3 is 2.38 bits per heavy atom. The summed E-state index contributed by atoms with van der Waals surface area (Å²) < 4.78 is 31.8. The van der Waals surface area contributed by atoms with Crippen LogP contribution in [-0.2, 0) is 14.8 Å². The molecule has 0 radical (unpaired) electrons. The number of nitrogens with zero attached hydrogens (tertiary/aromatic N) is 1. The molecule has 0 atom stereocenters. The summed E-state index contributed by atoms with van der Waals surface area (Å²) in [6.45, 7) is 2.00. The first kappa shape index (κ1) is 18.4. The molecule has 0 saturated heterocycles. The number of carbonyl (C=O) groups is 1. The van der Waals surface area contributed by atoms with Crippen molar-refractivity contribution in [2.24, 2.45) is 0 Å². The molecule has 2 aromatic carbocycles. The third-order valence-electron chi connectivity index (χ3n) is 3.49. The van der Waals surface area contributed by atoms with Gasteiger partial charge in [-0.05, 0) is 55.6 Å². The molecular weight excluding hydrogens is 346 g/mol. The van der Waals surface area contributed by atoms with Crippen LogP contribution in [0.1, 0.15) is 17.3 Å². The Morgan fingerprint density at radius 1 is 1.17 bits per heavy atom. The van der Waals surface area contributed by atoms with Crippen molar-refractivity contribution >= 4 is 33.4 Å². The standard InChI is InChI=1S/C17H19NO4S2/c1-4-18(14-7-5-6-13(12-14)17(19)22-2)24(20,21)16-10-8-15(23-3)9-11-16/h5-12H,4H2,1-3H3. The molecule has 24 heavy (non-hydrogen) atoms. The molecule has 0 bridgehead atoms. The Balaban J connectivity index is 2.44. The maximum atomic E-state index is 12.9. The van der Waals surface area contributed by atoms with Crippen molar-refractivity contribution in [3.8, 4) is 0 Å². The maximum Gasteiger partial charge on any atom is 0.337 e. The summed E-state index contributed by atoms with van der Waals surface area (Å²) in [6, 6.07) is 13.1. The second kappa shape index (κ2) is 7.72. The predicted octanol–water partition coefficient (Wildman–Crippen LogP) is 3.41. The smallest absolute Gasteiger partial charge is 0.337 e. The Hall–Kier alpha value is -1.99. The Labute approximate surface area is 146 Å². The van der Waals surface area contributed by atoms with Gasteiger partial charge in [0.05, 0.1) is 23.3 Å². The normalized spacial score (nSPS) is 11.1. The van der Waals surface area contributed by atoms with Gasteiger partial charge >= 0.3 is 5.97 Å². The lowest BCUT2D eigenvalue weighted by atomic mass is 10.2. The molecule has 0 aliphatic heterocycles. The number of esters is 1. The number of benzene rings is 2. The molecule has 0 aliphatic rings. The van der Waals surface area contributed by atoms with Crippen LogP contribution in [0.25, 0.3) is 0 Å². The molecule has 0 amide bonds. The Bertz CT molecular complexity index is 817. The molecule has 0 fully saturated rings. The van der Waals surface area contributed by atoms with Crippen LogP contribution >= 0.6 is 11.8 Å². The van der Waals surface area contributed by atoms with Crippen LogP contribution in [0, 0.1) is 0 Å². The third-order valence-corrected chi connectivity index (χ3v) is 6.15. The van der Waals surface area contributed by atoms with Crippen molar-refractivity contribution < 1.29 is 17.9 Å². The van der Waals surface area contributed by atoms with E-state index in [0.717, 1.165) is 4.90 Å². The van der Waals surface area contributed by atoms with E-state index in [2.05, 4.69) is 0 Å². The van der Waals surface area contributed by atoms with E-state index >= 15 is 0 Å². The number of hydrogen-bond acceptors (Lipinski definition) is 5. The minimum Gasteiger partial charge on any atom is -0.465 e. The topological polar surface area (TPSA) is 63.7 Å². The Morgan fingerprint density at radius 2 is 1.83 bits per heavy atom. The summed E-state index contributed by atoms with van der Waals surface area (Å²) in [5, 5.41) is 0. The fraction of sp³-hybridized carbons (Fsp3) is 0.235. The molecule has 128 valence electrons. The number of methoxy groups -OCH3 is 1. The summed E-state index contributed by atoms with van der Waals surface area (Å²) in [5.41, 5.74) is 0.732. The van der Waals surface area contributed by atoms with E-state index in [9.17, 15) is 13.2 Å². The molecule has 2 aromatic rings. The van der Waals surface area contributed by atoms with Gasteiger partial charge in [-0.25, -0.2) is 13.2 Å². The van der Waals surface area contributed by atoms with Crippen molar-refractivity contribution in [1.82, 2.24) is 0 Å². The number of sulfonamides is 1. The molecule has 0 N–H and O–H groups in total. The lowest BCUT2D eigenvalue weighted by Gasteiger charge is -2.23. The number of rotatable bonds is 6. The highest BCUT2D eigenvalue weighted by atomic mass is 32.2. The van der Waals surface area contributed by atoms with E-state index in [1.54, 1.807) is 61.2 Å². The first-order valence-corrected chi connectivity index (χ1v) is 9.95. The minimum atomic E-state index is -3.71. The first-order chi connectivity index (χ1) is 11.4. The van der Waals surface area contributed by atoms with Crippen molar-refractivity contribution in [3.05, 3.63) is 54.1 Å². The van der Waals surface area contributed by atoms with E-state index in [4.69, 9.17) is 4.74 Å². The van der Waals surface area contributed by atoms with Crippen LogP contribution in [0.4, 0.5) is 5.69 Å². The SMILES string of the molecule is CCN(c1cccc(C(=O)OC)c1)S(=O)(=O)c1ccc(SC)cc1. The van der Waals surface area contributed by atoms with Crippen molar-refractivity contribution in [3.63, 3.8) is 0 Å². The van der Waals surface area contributed by atoms with Crippen LogP contribution in [0.2, 0.25) is 0 Å². The minimum absolute atomic E-state index is 0.214. The summed E-state index contributed by atoms with van der Waals surface area (Å²) in [4.78, 5) is 12.9. The number of thioether (sulfide) groups is 1. The predicted molar refractivity (Wildman–Crippen MR) is 96.2 cm³/mol. The van der Waals surface area contributed by atoms with Crippen LogP contribution in [0.15, 0.2) is 58.3 Å². The van der Waals surface area contributed by atoms with Gasteiger partial charge in [-0.2, -0.15) is 0 Å². The molecule has 2 rings (SSSR count). The van der Waals surface area contributed by atoms with Gasteiger partial charge in [0.25, 0.3) is 10.0 Å². The molecule has 0 heterocycles. The first-order valence-electron chi connectivity index (χ1n) is 7.29. The van der Waals surface area contributed by atoms with Gasteiger partial charge < -0.3 is 4.74 Å². The van der Waals surface area contributed by atoms with Gasteiger partial charge in [0, 0.05) is 11.4 Å². The lowest BCUT2D eigenvalue weighted by Crippen LogP contribution is -2.30. The van der Waals surface area contributed by atoms with Crippen molar-refractivity contribution in [2.75, 3.05) is 24.2 Å². The van der Waals surface area contributed by atoms with Gasteiger partial charge in [-0.3, -0.25) is 4.31 Å². The van der Waals surface area contributed by atoms with Crippen molar-refractivity contribution in [2.45, 2.75) is 16.7 Å². The van der Waals surface area contributed by atoms with Gasteiger partial charge in [0.2, 0.25) is 0 Å². The fourth-order valence-electron chi connectivity index (χ4n) is 2.27. The number of anilines is 1. The highest BCUT2D eigenvalue weighted by molar-refractivity contribution is 7.98. The number of ether oxygens (including phenoxy) is 1. The van der Waals surface area contributed by atoms with E-state index < -0.39 is 16.0 Å². The summed E-state index contributed by atoms with van der Waals surface area (Å²) in [5.74, 6) is -0.505. The van der Waals surface area contributed by atoms with Gasteiger partial charge in [-0.15, -0.1) is 11.8 Å². The second-order valence-corrected chi connectivity index (χ2v) is 7.63. The van der Waals surface area contributed by atoms with Gasteiger partial charge in [0.15, 0.2) is 0 Å². The van der Waals surface area contributed by atoms with Crippen LogP contribution < -0.4 is 4.31 Å². The van der Waals surface area contributed by atoms with E-state index in [-0.39, 0.29) is 11.4 Å². The molecular formula is C17H19NO4S2. The zero-order valence-corrected chi connectivity index (χ0v) is 15.4. The second-order valence-electron chi connectivity index (χ2n) is 4.89. The summed E-state index contributed by atoms with van der Waals surface area (Å²) in [7, 11) is -2.42. The number of carbonyl (C=O) groups excluding carboxylic acids is 1. The maximum absolute atomic E-state index is 12.9. The van der Waals surface area contributed by atoms with Gasteiger partial charge in [-0.1, -0.05) is 6.07 Å². The van der Waals surface area contributed by atoms with Crippen LogP contribution in [0.3, 0.4) is 0 Å². The zero-order chi connectivity index (χ0) is 17.7.